The number of methoxy groups -OCH3 is 1. The number of rotatable bonds is 3. The molecule has 0 N–H and O–H groups in total. The number of ether oxygens (including phenoxy) is 1. The standard InChI is InChI=1S/C12H16F2O/c1-5-12(13,14)10-6-9(3)11(15-4)7-8(10)2/h6-7H,5H2,1-4H3. The fourth-order valence-corrected chi connectivity index (χ4v) is 1.59. The number of aryl methyl sites for hydroxylation is 2. The summed E-state index contributed by atoms with van der Waals surface area (Å²) in [6, 6.07) is 3.17. The first-order valence-corrected chi connectivity index (χ1v) is 4.96. The Morgan fingerprint density at radius 3 is 2.27 bits per heavy atom. The van der Waals surface area contributed by atoms with Crippen LogP contribution in [0.4, 0.5) is 8.78 Å². The molecule has 0 radical (unpaired) electrons. The Morgan fingerprint density at radius 2 is 1.80 bits per heavy atom. The van der Waals surface area contributed by atoms with Crippen molar-refractivity contribution in [2.75, 3.05) is 7.11 Å². The zero-order valence-corrected chi connectivity index (χ0v) is 9.53. The van der Waals surface area contributed by atoms with Gasteiger partial charge in [0.25, 0.3) is 5.92 Å². The van der Waals surface area contributed by atoms with Gasteiger partial charge < -0.3 is 4.74 Å². The first kappa shape index (κ1) is 12.0. The predicted octanol–water partition coefficient (Wildman–Crippen LogP) is 3.81. The third-order valence-corrected chi connectivity index (χ3v) is 2.58. The molecule has 0 amide bonds. The van der Waals surface area contributed by atoms with Crippen LogP contribution in [0, 0.1) is 13.8 Å². The molecule has 0 aliphatic carbocycles. The van der Waals surface area contributed by atoms with Gasteiger partial charge in [-0.15, -0.1) is 0 Å². The molecule has 0 bridgehead atoms. The Labute approximate surface area is 89.1 Å². The molecule has 0 aromatic heterocycles. The van der Waals surface area contributed by atoms with Gasteiger partial charge in [-0.05, 0) is 37.1 Å². The third-order valence-electron chi connectivity index (χ3n) is 2.58. The van der Waals surface area contributed by atoms with E-state index in [-0.39, 0.29) is 12.0 Å². The van der Waals surface area contributed by atoms with Crippen LogP contribution >= 0.6 is 0 Å². The summed E-state index contributed by atoms with van der Waals surface area (Å²) in [5.41, 5.74) is 1.42. The highest BCUT2D eigenvalue weighted by atomic mass is 19.3. The van der Waals surface area contributed by atoms with Gasteiger partial charge >= 0.3 is 0 Å². The first-order valence-electron chi connectivity index (χ1n) is 4.96. The Bertz CT molecular complexity index is 359. The van der Waals surface area contributed by atoms with Gasteiger partial charge in [0.15, 0.2) is 0 Å². The van der Waals surface area contributed by atoms with Crippen molar-refractivity contribution in [2.24, 2.45) is 0 Å². The molecule has 0 fully saturated rings. The van der Waals surface area contributed by atoms with E-state index >= 15 is 0 Å². The van der Waals surface area contributed by atoms with Gasteiger partial charge in [0.05, 0.1) is 7.11 Å². The van der Waals surface area contributed by atoms with Gasteiger partial charge in [-0.2, -0.15) is 0 Å². The van der Waals surface area contributed by atoms with E-state index in [1.807, 2.05) is 0 Å². The number of benzene rings is 1. The highest BCUT2D eigenvalue weighted by Crippen LogP contribution is 2.36. The van der Waals surface area contributed by atoms with Crippen molar-refractivity contribution in [3.63, 3.8) is 0 Å². The second-order valence-corrected chi connectivity index (χ2v) is 3.69. The minimum Gasteiger partial charge on any atom is -0.496 e. The maximum Gasteiger partial charge on any atom is 0.273 e. The summed E-state index contributed by atoms with van der Waals surface area (Å²) in [6.07, 6.45) is -0.181. The lowest BCUT2D eigenvalue weighted by molar-refractivity contribution is -0.00898. The minimum atomic E-state index is -2.75. The first-order chi connectivity index (χ1) is 6.92. The zero-order chi connectivity index (χ0) is 11.6. The molecular formula is C12H16F2O. The summed E-state index contributed by atoms with van der Waals surface area (Å²) in [5.74, 6) is -2.09. The molecule has 0 aliphatic rings. The predicted molar refractivity (Wildman–Crippen MR) is 56.7 cm³/mol. The van der Waals surface area contributed by atoms with E-state index in [1.165, 1.54) is 13.0 Å². The summed E-state index contributed by atoms with van der Waals surface area (Å²) >= 11 is 0. The molecule has 1 aromatic carbocycles. The van der Waals surface area contributed by atoms with E-state index in [0.29, 0.717) is 11.3 Å². The molecule has 0 saturated heterocycles. The molecule has 1 rings (SSSR count). The van der Waals surface area contributed by atoms with Crippen molar-refractivity contribution < 1.29 is 13.5 Å². The maximum atomic E-state index is 13.5. The SMILES string of the molecule is CCC(F)(F)c1cc(C)c(OC)cc1C. The summed E-state index contributed by atoms with van der Waals surface area (Å²) in [4.78, 5) is 0. The van der Waals surface area contributed by atoms with Crippen LogP contribution in [0.2, 0.25) is 0 Å². The topological polar surface area (TPSA) is 9.23 Å². The molecule has 84 valence electrons. The Morgan fingerprint density at radius 1 is 1.20 bits per heavy atom. The summed E-state index contributed by atoms with van der Waals surface area (Å²) in [5, 5.41) is 0. The van der Waals surface area contributed by atoms with Crippen LogP contribution in [0.3, 0.4) is 0 Å². The van der Waals surface area contributed by atoms with Crippen LogP contribution in [0.1, 0.15) is 30.0 Å². The molecule has 0 aliphatic heterocycles. The molecule has 0 heterocycles. The van der Waals surface area contributed by atoms with Gasteiger partial charge in [-0.1, -0.05) is 6.92 Å². The Balaban J connectivity index is 3.28. The van der Waals surface area contributed by atoms with Gasteiger partial charge in [0.2, 0.25) is 0 Å². The van der Waals surface area contributed by atoms with Crippen molar-refractivity contribution in [3.05, 3.63) is 28.8 Å². The molecule has 1 nitrogen and oxygen atoms in total. The highest BCUT2D eigenvalue weighted by molar-refractivity contribution is 5.43. The van der Waals surface area contributed by atoms with Crippen LogP contribution in [-0.2, 0) is 5.92 Å². The largest absolute Gasteiger partial charge is 0.496 e. The molecule has 0 unspecified atom stereocenters. The van der Waals surface area contributed by atoms with E-state index in [2.05, 4.69) is 0 Å². The number of hydrogen-bond donors (Lipinski definition) is 0. The van der Waals surface area contributed by atoms with Gasteiger partial charge in [-0.3, -0.25) is 0 Å². The lowest BCUT2D eigenvalue weighted by atomic mass is 9.98. The number of alkyl halides is 2. The van der Waals surface area contributed by atoms with Crippen LogP contribution < -0.4 is 4.74 Å². The third kappa shape index (κ3) is 2.28. The molecular weight excluding hydrogens is 198 g/mol. The maximum absolute atomic E-state index is 13.5. The quantitative estimate of drug-likeness (QED) is 0.743. The smallest absolute Gasteiger partial charge is 0.273 e. The van der Waals surface area contributed by atoms with Crippen molar-refractivity contribution in [1.29, 1.82) is 0 Å². The van der Waals surface area contributed by atoms with Crippen LogP contribution in [-0.4, -0.2) is 7.11 Å². The fourth-order valence-electron chi connectivity index (χ4n) is 1.59. The van der Waals surface area contributed by atoms with Crippen LogP contribution in [0.25, 0.3) is 0 Å². The van der Waals surface area contributed by atoms with Gasteiger partial charge in [0, 0.05) is 12.0 Å². The van der Waals surface area contributed by atoms with Crippen molar-refractivity contribution in [3.8, 4) is 5.75 Å². The van der Waals surface area contributed by atoms with Gasteiger partial charge in [-0.25, -0.2) is 8.78 Å². The lowest BCUT2D eigenvalue weighted by Crippen LogP contribution is -2.13. The lowest BCUT2D eigenvalue weighted by Gasteiger charge is -2.19. The molecule has 3 heteroatoms. The van der Waals surface area contributed by atoms with Crippen LogP contribution in [0.15, 0.2) is 12.1 Å². The van der Waals surface area contributed by atoms with Crippen molar-refractivity contribution in [1.82, 2.24) is 0 Å². The second kappa shape index (κ2) is 4.17. The second-order valence-electron chi connectivity index (χ2n) is 3.69. The van der Waals surface area contributed by atoms with Crippen molar-refractivity contribution in [2.45, 2.75) is 33.1 Å². The van der Waals surface area contributed by atoms with Gasteiger partial charge in [0.1, 0.15) is 5.75 Å². The molecule has 1 aromatic rings. The normalized spacial score (nSPS) is 11.6. The fraction of sp³-hybridized carbons (Fsp3) is 0.500. The molecule has 0 saturated carbocycles. The number of halogens is 2. The average molecular weight is 214 g/mol. The Hall–Kier alpha value is -1.12. The zero-order valence-electron chi connectivity index (χ0n) is 9.53. The number of hydrogen-bond acceptors (Lipinski definition) is 1. The van der Waals surface area contributed by atoms with E-state index in [0.717, 1.165) is 5.56 Å². The minimum absolute atomic E-state index is 0.100. The van der Waals surface area contributed by atoms with Crippen molar-refractivity contribution >= 4 is 0 Å². The van der Waals surface area contributed by atoms with Crippen LogP contribution in [0.5, 0.6) is 5.75 Å². The van der Waals surface area contributed by atoms with E-state index < -0.39 is 5.92 Å². The Kier molecular flexibility index (Phi) is 3.32. The summed E-state index contributed by atoms with van der Waals surface area (Å²) < 4.78 is 32.1. The summed E-state index contributed by atoms with van der Waals surface area (Å²) in [7, 11) is 1.54. The monoisotopic (exact) mass is 214 g/mol. The summed E-state index contributed by atoms with van der Waals surface area (Å²) in [6.45, 7) is 4.94. The molecule has 0 atom stereocenters. The average Bonchev–Trinajstić information content (AvgIpc) is 2.20. The highest BCUT2D eigenvalue weighted by Gasteiger charge is 2.31. The van der Waals surface area contributed by atoms with E-state index in [1.54, 1.807) is 27.0 Å². The molecule has 15 heavy (non-hydrogen) atoms. The molecule has 0 spiro atoms. The van der Waals surface area contributed by atoms with E-state index in [9.17, 15) is 8.78 Å². The van der Waals surface area contributed by atoms with E-state index in [4.69, 9.17) is 4.74 Å².